The predicted octanol–water partition coefficient (Wildman–Crippen LogP) is 7.36. The lowest BCUT2D eigenvalue weighted by atomic mass is 9.79. The maximum atomic E-state index is 13.3. The SMILES string of the molecule is CC(=O)C1=NN(c2cc(S(=O)(=O)[O-])ccc2S(=O)(=O)[O-])C(=O)C1=CC=CC=Cc1c(C(C)=O)[nH]n(-c2cc(S(=O)(=O)[O-])ccc2S(=O)(=O)[O-])c1=O.CCC[N+]1=C(C=CC=CC=CC=C2N(CCS(=O)(=O)[O-])c3ccc4cc(C)ccc4c3C2(C)C)C(C)(C)c2c1ccc1cc(S(=O)(=O)[O-])ccc21. The van der Waals surface area contributed by atoms with Gasteiger partial charge in [0.25, 0.3) is 11.5 Å². The van der Waals surface area contributed by atoms with E-state index in [1.807, 2.05) is 65.6 Å². The van der Waals surface area contributed by atoms with Crippen LogP contribution in [0.2, 0.25) is 0 Å². The van der Waals surface area contributed by atoms with Gasteiger partial charge in [-0.3, -0.25) is 24.3 Å². The molecule has 28 nitrogen and oxygen atoms in total. The average molecular weight is 1510 g/mol. The van der Waals surface area contributed by atoms with Crippen LogP contribution in [-0.4, -0.2) is 140 Å². The first-order valence-corrected chi connectivity index (χ1v) is 39.0. The minimum absolute atomic E-state index is 0.0666. The molecular formula is C68H61N6O22S6-5. The molecule has 3 aliphatic rings. The highest BCUT2D eigenvalue weighted by Gasteiger charge is 2.46. The van der Waals surface area contributed by atoms with Crippen molar-refractivity contribution in [2.75, 3.05) is 28.8 Å². The average Bonchev–Trinajstić information content (AvgIpc) is 1.57. The molecule has 102 heavy (non-hydrogen) atoms. The van der Waals surface area contributed by atoms with Crippen LogP contribution in [0.5, 0.6) is 0 Å². The third-order valence-corrected chi connectivity index (χ3v) is 21.7. The van der Waals surface area contributed by atoms with E-state index >= 15 is 0 Å². The molecule has 6 aromatic carbocycles. The number of fused-ring (bicyclic) bond motifs is 6. The van der Waals surface area contributed by atoms with Crippen molar-refractivity contribution in [1.82, 2.24) is 9.78 Å². The number of nitrogens with zero attached hydrogens (tertiary/aromatic N) is 5. The van der Waals surface area contributed by atoms with Gasteiger partial charge in [0.1, 0.15) is 68.5 Å². The topological polar surface area (TPSA) is 454 Å². The molecule has 3 aliphatic heterocycles. The highest BCUT2D eigenvalue weighted by Crippen LogP contribution is 2.51. The number of H-pyrrole nitrogens is 1. The summed E-state index contributed by atoms with van der Waals surface area (Å²) in [4.78, 5) is 48.5. The van der Waals surface area contributed by atoms with E-state index in [2.05, 4.69) is 80.6 Å². The lowest BCUT2D eigenvalue weighted by Crippen LogP contribution is -2.30. The van der Waals surface area contributed by atoms with Crippen molar-refractivity contribution in [3.8, 4) is 5.69 Å². The van der Waals surface area contributed by atoms with Crippen LogP contribution in [0.3, 0.4) is 0 Å². The van der Waals surface area contributed by atoms with Crippen LogP contribution in [0.1, 0.15) is 87.6 Å². The Labute approximate surface area is 587 Å². The standard InChI is InChI=1S/C41H44N2O6S2.C27H22N4O16S4/c1-7-23-42-34-22-17-30-27-31(51(47,48)49)18-20-33(30)39(34)40(3,4)36(42)13-11-9-8-10-12-14-37-41(5,6)38-32-19-15-28(2)26-29(32)16-21-35(38)43(37)24-25-50(44,45)46;1-14(32)24-18(26(34)30(28-24)20-12-16(48(36,37)38)8-10-22(20)50(42,43)44)6-4-3-5-7-19-25(15(2)33)29-31(27(19)35)21-13-17(49(39,40)41)9-11-23(21)51(45,46)47/h8-22,26-27H,7,23-25H2,1-6H3,(H-,44,45,46,47,48,49);3-13,28H,1-2H3,(H,36,37,38)(H,39,40,41)(H,42,43,44)(H,45,46,47)/p-5. The molecule has 7 aromatic rings. The van der Waals surface area contributed by atoms with Crippen LogP contribution in [0.15, 0.2) is 210 Å². The second-order valence-corrected chi connectivity index (χ2v) is 32.8. The molecule has 0 bridgehead atoms. The Morgan fingerprint density at radius 3 is 1.67 bits per heavy atom. The van der Waals surface area contributed by atoms with Gasteiger partial charge in [0, 0.05) is 61.3 Å². The second kappa shape index (κ2) is 28.3. The Balaban J connectivity index is 0.000000237. The molecule has 536 valence electrons. The van der Waals surface area contributed by atoms with E-state index < -0.39 is 148 Å². The number of rotatable bonds is 21. The van der Waals surface area contributed by atoms with Crippen LogP contribution in [-0.2, 0) is 81.1 Å². The van der Waals surface area contributed by atoms with Crippen molar-refractivity contribution in [2.24, 2.45) is 5.10 Å². The smallest absolute Gasteiger partial charge is 0.281 e. The van der Waals surface area contributed by atoms with Gasteiger partial charge in [-0.1, -0.05) is 105 Å². The number of anilines is 2. The monoisotopic (exact) mass is 1510 g/mol. The van der Waals surface area contributed by atoms with Crippen LogP contribution in [0.25, 0.3) is 33.3 Å². The van der Waals surface area contributed by atoms with Crippen molar-refractivity contribution in [1.29, 1.82) is 0 Å². The van der Waals surface area contributed by atoms with Crippen LogP contribution >= 0.6 is 0 Å². The Morgan fingerprint density at radius 1 is 0.559 bits per heavy atom. The fourth-order valence-electron chi connectivity index (χ4n) is 12.3. The normalized spacial score (nSPS) is 16.7. The summed E-state index contributed by atoms with van der Waals surface area (Å²) in [6.45, 7) is 15.6. The first kappa shape index (κ1) is 76.6. The van der Waals surface area contributed by atoms with Gasteiger partial charge >= 0.3 is 0 Å². The van der Waals surface area contributed by atoms with Crippen molar-refractivity contribution in [2.45, 2.75) is 97.1 Å². The third kappa shape index (κ3) is 15.9. The molecule has 0 radical (unpaired) electrons. The first-order chi connectivity index (χ1) is 47.3. The van der Waals surface area contributed by atoms with E-state index in [9.17, 15) is 97.0 Å². The number of nitrogens with one attached hydrogen (secondary N) is 1. The number of hydrazone groups is 1. The van der Waals surface area contributed by atoms with E-state index in [4.69, 9.17) is 0 Å². The van der Waals surface area contributed by atoms with Gasteiger partial charge in [0.15, 0.2) is 17.3 Å². The van der Waals surface area contributed by atoms with Gasteiger partial charge in [0.05, 0.1) is 68.3 Å². The lowest BCUT2D eigenvalue weighted by molar-refractivity contribution is -0.437. The van der Waals surface area contributed by atoms with Gasteiger partial charge < -0.3 is 32.2 Å². The molecule has 0 aliphatic carbocycles. The van der Waals surface area contributed by atoms with E-state index in [0.717, 1.165) is 113 Å². The molecule has 4 heterocycles. The molecule has 0 spiro atoms. The summed E-state index contributed by atoms with van der Waals surface area (Å²) in [6.07, 6.45) is 20.0. The van der Waals surface area contributed by atoms with E-state index in [0.29, 0.717) is 46.5 Å². The number of ketones is 2. The number of carbonyl (C=O) groups is 3. The van der Waals surface area contributed by atoms with E-state index in [-0.39, 0.29) is 21.9 Å². The van der Waals surface area contributed by atoms with Gasteiger partial charge in [-0.2, -0.15) is 14.7 Å². The third-order valence-electron chi connectivity index (χ3n) is 16.8. The van der Waals surface area contributed by atoms with Crippen LogP contribution in [0.4, 0.5) is 17.1 Å². The lowest BCUT2D eigenvalue weighted by Gasteiger charge is -2.27. The molecule has 0 saturated carbocycles. The molecule has 0 fully saturated rings. The molecule has 10 rings (SSSR count). The number of amides is 1. The molecular weight excluding hydrogens is 1450 g/mol. The van der Waals surface area contributed by atoms with Gasteiger partial charge in [-0.05, 0) is 127 Å². The zero-order valence-corrected chi connectivity index (χ0v) is 60.1. The highest BCUT2D eigenvalue weighted by molar-refractivity contribution is 7.87. The maximum Gasteiger partial charge on any atom is 0.281 e. The minimum Gasteiger partial charge on any atom is -0.748 e. The van der Waals surface area contributed by atoms with Crippen LogP contribution in [0, 0.1) is 6.92 Å². The zero-order chi connectivity index (χ0) is 75.4. The summed E-state index contributed by atoms with van der Waals surface area (Å²) in [7, 11) is -30.2. The Hall–Kier alpha value is -9.56. The molecule has 0 atom stereocenters. The zero-order valence-electron chi connectivity index (χ0n) is 55.2. The number of hydrogen-bond acceptors (Lipinski definition) is 24. The number of benzene rings is 6. The summed E-state index contributed by atoms with van der Waals surface area (Å²) >= 11 is 0. The molecule has 1 N–H and O–H groups in total. The summed E-state index contributed by atoms with van der Waals surface area (Å²) in [5.41, 5.74) is 1.50. The summed E-state index contributed by atoms with van der Waals surface area (Å²) in [5, 5.41) is 10.1. The van der Waals surface area contributed by atoms with Crippen molar-refractivity contribution >= 4 is 134 Å². The second-order valence-electron chi connectivity index (χ2n) is 24.5. The molecule has 1 aromatic heterocycles. The first-order valence-electron chi connectivity index (χ1n) is 30.4. The number of aromatic nitrogens is 2. The highest BCUT2D eigenvalue weighted by atomic mass is 32.2. The fourth-order valence-corrected chi connectivity index (χ4v) is 15.5. The maximum absolute atomic E-state index is 13.3. The summed E-state index contributed by atoms with van der Waals surface area (Å²) in [5.74, 6) is -3.39. The van der Waals surface area contributed by atoms with Gasteiger partial charge in [-0.25, -0.2) is 55.2 Å². The van der Waals surface area contributed by atoms with Crippen molar-refractivity contribution < 1.29 is 96.8 Å². The number of aromatic amines is 1. The summed E-state index contributed by atoms with van der Waals surface area (Å²) in [6, 6.07) is 21.7. The van der Waals surface area contributed by atoms with Crippen molar-refractivity contribution in [3.63, 3.8) is 0 Å². The summed E-state index contributed by atoms with van der Waals surface area (Å²) < 4.78 is 213. The molecule has 0 unspecified atom stereocenters. The van der Waals surface area contributed by atoms with E-state index in [1.165, 1.54) is 12.1 Å². The van der Waals surface area contributed by atoms with Gasteiger partial charge in [0.2, 0.25) is 5.69 Å². The minimum atomic E-state index is -5.39. The number of carbonyl (C=O) groups excluding carboxylic acids is 3. The molecule has 0 saturated heterocycles. The molecule has 34 heteroatoms. The fraction of sp³-hybridized carbons (Fsp3) is 0.206. The quantitative estimate of drug-likeness (QED) is 0.0241. The van der Waals surface area contributed by atoms with Crippen molar-refractivity contribution in [3.05, 3.63) is 213 Å². The Kier molecular flexibility index (Phi) is 21.3. The molecule has 1 amide bonds. The predicted molar refractivity (Wildman–Crippen MR) is 371 cm³/mol. The Bertz CT molecular complexity index is 5850. The number of aryl methyl sites for hydroxylation is 1. The largest absolute Gasteiger partial charge is 0.748 e. The van der Waals surface area contributed by atoms with Gasteiger partial charge in [-0.15, -0.1) is 0 Å². The number of allylic oxidation sites excluding steroid dienone is 12. The van der Waals surface area contributed by atoms with Crippen LogP contribution < -0.4 is 15.5 Å². The van der Waals surface area contributed by atoms with E-state index in [1.54, 1.807) is 6.07 Å². The Morgan fingerprint density at radius 2 is 1.08 bits per heavy atom. The number of hydrogen-bond donors (Lipinski definition) is 1. The number of Topliss-reactive ketones (excluding diaryl/α,β-unsaturated/α-hetero) is 2.